The van der Waals surface area contributed by atoms with Crippen LogP contribution in [0.25, 0.3) is 0 Å². The van der Waals surface area contributed by atoms with E-state index in [0.717, 1.165) is 11.1 Å². The quantitative estimate of drug-likeness (QED) is 0.846. The highest BCUT2D eigenvalue weighted by Gasteiger charge is 2.11. The lowest BCUT2D eigenvalue weighted by molar-refractivity contribution is 0.0940. The number of rotatable bonds is 4. The number of alkyl halides is 1. The van der Waals surface area contributed by atoms with Crippen LogP contribution in [0.15, 0.2) is 48.5 Å². The van der Waals surface area contributed by atoms with Gasteiger partial charge in [0.15, 0.2) is 0 Å². The van der Waals surface area contributed by atoms with Crippen molar-refractivity contribution < 1.29 is 9.18 Å². The summed E-state index contributed by atoms with van der Waals surface area (Å²) in [6.07, 6.45) is 0. The lowest BCUT2D eigenvalue weighted by atomic mass is 10.1. The first kappa shape index (κ1) is 14.5. The van der Waals surface area contributed by atoms with Crippen molar-refractivity contribution in [2.45, 2.75) is 18.8 Å². The first-order valence-corrected chi connectivity index (χ1v) is 6.85. The van der Waals surface area contributed by atoms with E-state index in [9.17, 15) is 9.18 Å². The number of carbonyl (C=O) groups is 1. The van der Waals surface area contributed by atoms with Gasteiger partial charge < -0.3 is 5.32 Å². The summed E-state index contributed by atoms with van der Waals surface area (Å²) in [6.45, 7) is 1.86. The average molecular weight is 292 g/mol. The fraction of sp³-hybridized carbons (Fsp3) is 0.188. The van der Waals surface area contributed by atoms with Crippen LogP contribution in [0, 0.1) is 5.82 Å². The minimum Gasteiger partial charge on any atom is -0.346 e. The molecule has 20 heavy (non-hydrogen) atoms. The summed E-state index contributed by atoms with van der Waals surface area (Å²) in [6, 6.07) is 13.1. The predicted octanol–water partition coefficient (Wildman–Crippen LogP) is 4.06. The van der Waals surface area contributed by atoms with Gasteiger partial charge in [-0.05, 0) is 42.3 Å². The maximum Gasteiger partial charge on any atom is 0.251 e. The Labute approximate surface area is 122 Å². The standard InChI is InChI=1S/C16H15ClFNO/c1-11(13-5-7-15(18)8-6-13)19-16(20)14-4-2-3-12(9-14)10-17/h2-9,11H,10H2,1H3,(H,19,20)/t11-/m1/s1. The molecule has 0 radical (unpaired) electrons. The Kier molecular flexibility index (Phi) is 4.74. The minimum atomic E-state index is -0.290. The van der Waals surface area contributed by atoms with E-state index in [2.05, 4.69) is 5.32 Å². The number of amides is 1. The van der Waals surface area contributed by atoms with Crippen molar-refractivity contribution in [2.24, 2.45) is 0 Å². The van der Waals surface area contributed by atoms with Crippen LogP contribution in [0.3, 0.4) is 0 Å². The number of benzene rings is 2. The van der Waals surface area contributed by atoms with Crippen molar-refractivity contribution in [3.63, 3.8) is 0 Å². The minimum absolute atomic E-state index is 0.172. The molecule has 104 valence electrons. The molecule has 0 aliphatic heterocycles. The van der Waals surface area contributed by atoms with Gasteiger partial charge in [-0.25, -0.2) is 4.39 Å². The number of halogens is 2. The molecule has 2 rings (SSSR count). The zero-order chi connectivity index (χ0) is 14.5. The lowest BCUT2D eigenvalue weighted by Crippen LogP contribution is -2.26. The zero-order valence-electron chi connectivity index (χ0n) is 11.1. The summed E-state index contributed by atoms with van der Waals surface area (Å²) in [4.78, 5) is 12.1. The van der Waals surface area contributed by atoms with Gasteiger partial charge in [0.25, 0.3) is 5.91 Å². The molecule has 0 saturated heterocycles. The van der Waals surface area contributed by atoms with Crippen LogP contribution in [0.2, 0.25) is 0 Å². The van der Waals surface area contributed by atoms with E-state index in [1.807, 2.05) is 13.0 Å². The van der Waals surface area contributed by atoms with Gasteiger partial charge >= 0.3 is 0 Å². The molecule has 2 nitrogen and oxygen atoms in total. The number of carbonyl (C=O) groups excluding carboxylic acids is 1. The highest BCUT2D eigenvalue weighted by atomic mass is 35.5. The lowest BCUT2D eigenvalue weighted by Gasteiger charge is -2.14. The van der Waals surface area contributed by atoms with E-state index in [4.69, 9.17) is 11.6 Å². The monoisotopic (exact) mass is 291 g/mol. The Morgan fingerprint density at radius 3 is 2.60 bits per heavy atom. The van der Waals surface area contributed by atoms with Crippen LogP contribution < -0.4 is 5.32 Å². The molecule has 2 aromatic carbocycles. The van der Waals surface area contributed by atoms with Crippen molar-refractivity contribution in [1.29, 1.82) is 0 Å². The molecule has 4 heteroatoms. The number of nitrogens with one attached hydrogen (secondary N) is 1. The molecule has 0 aromatic heterocycles. The first-order valence-electron chi connectivity index (χ1n) is 6.31. The third-order valence-electron chi connectivity index (χ3n) is 3.06. The van der Waals surface area contributed by atoms with Crippen LogP contribution in [0.4, 0.5) is 4.39 Å². The molecular formula is C16H15ClFNO. The van der Waals surface area contributed by atoms with Crippen LogP contribution in [0.5, 0.6) is 0 Å². The molecule has 0 bridgehead atoms. The molecule has 0 aliphatic carbocycles. The van der Waals surface area contributed by atoms with Crippen molar-refractivity contribution >= 4 is 17.5 Å². The van der Waals surface area contributed by atoms with Crippen LogP contribution in [-0.4, -0.2) is 5.91 Å². The molecule has 0 heterocycles. The van der Waals surface area contributed by atoms with Crippen molar-refractivity contribution in [3.8, 4) is 0 Å². The summed E-state index contributed by atoms with van der Waals surface area (Å²) in [5.74, 6) is -0.0925. The second kappa shape index (κ2) is 6.53. The zero-order valence-corrected chi connectivity index (χ0v) is 11.8. The van der Waals surface area contributed by atoms with Gasteiger partial charge in [-0.2, -0.15) is 0 Å². The van der Waals surface area contributed by atoms with E-state index < -0.39 is 0 Å². The number of hydrogen-bond donors (Lipinski definition) is 1. The maximum atomic E-state index is 12.9. The highest BCUT2D eigenvalue weighted by molar-refractivity contribution is 6.17. The predicted molar refractivity (Wildman–Crippen MR) is 78.3 cm³/mol. The first-order chi connectivity index (χ1) is 9.60. The van der Waals surface area contributed by atoms with Crippen LogP contribution >= 0.6 is 11.6 Å². The molecule has 1 atom stereocenters. The van der Waals surface area contributed by atoms with E-state index >= 15 is 0 Å². The largest absolute Gasteiger partial charge is 0.346 e. The molecule has 2 aromatic rings. The van der Waals surface area contributed by atoms with Gasteiger partial charge in [0, 0.05) is 11.4 Å². The summed E-state index contributed by atoms with van der Waals surface area (Å²) in [5.41, 5.74) is 2.32. The van der Waals surface area contributed by atoms with Gasteiger partial charge in [-0.3, -0.25) is 4.79 Å². The Bertz CT molecular complexity index is 598. The van der Waals surface area contributed by atoms with E-state index in [-0.39, 0.29) is 17.8 Å². The van der Waals surface area contributed by atoms with Crippen LogP contribution in [0.1, 0.15) is 34.5 Å². The summed E-state index contributed by atoms with van der Waals surface area (Å²) >= 11 is 5.75. The summed E-state index contributed by atoms with van der Waals surface area (Å²) < 4.78 is 12.9. The second-order valence-electron chi connectivity index (χ2n) is 4.58. The molecule has 0 fully saturated rings. The second-order valence-corrected chi connectivity index (χ2v) is 4.85. The molecule has 0 aliphatic rings. The van der Waals surface area contributed by atoms with Gasteiger partial charge in [-0.15, -0.1) is 11.6 Å². The fourth-order valence-corrected chi connectivity index (χ4v) is 2.08. The SMILES string of the molecule is C[C@@H](NC(=O)c1cccc(CCl)c1)c1ccc(F)cc1. The molecule has 1 amide bonds. The van der Waals surface area contributed by atoms with Gasteiger partial charge in [0.2, 0.25) is 0 Å². The van der Waals surface area contributed by atoms with E-state index in [1.165, 1.54) is 12.1 Å². The third-order valence-corrected chi connectivity index (χ3v) is 3.37. The van der Waals surface area contributed by atoms with Gasteiger partial charge in [0.05, 0.1) is 6.04 Å². The van der Waals surface area contributed by atoms with Crippen LogP contribution in [-0.2, 0) is 5.88 Å². The molecule has 0 saturated carbocycles. The highest BCUT2D eigenvalue weighted by Crippen LogP contribution is 2.14. The summed E-state index contributed by atoms with van der Waals surface area (Å²) in [5, 5.41) is 2.88. The van der Waals surface area contributed by atoms with Crippen molar-refractivity contribution in [1.82, 2.24) is 5.32 Å². The van der Waals surface area contributed by atoms with E-state index in [1.54, 1.807) is 30.3 Å². The molecular weight excluding hydrogens is 277 g/mol. The Balaban J connectivity index is 2.08. The van der Waals surface area contributed by atoms with Gasteiger partial charge in [0.1, 0.15) is 5.82 Å². The molecule has 1 N–H and O–H groups in total. The maximum absolute atomic E-state index is 12.9. The Hall–Kier alpha value is -1.87. The van der Waals surface area contributed by atoms with E-state index in [0.29, 0.717) is 11.4 Å². The molecule has 0 unspecified atom stereocenters. The molecule has 0 spiro atoms. The third kappa shape index (κ3) is 3.58. The topological polar surface area (TPSA) is 29.1 Å². The normalized spacial score (nSPS) is 11.9. The van der Waals surface area contributed by atoms with Crippen molar-refractivity contribution in [3.05, 3.63) is 71.0 Å². The smallest absolute Gasteiger partial charge is 0.251 e. The van der Waals surface area contributed by atoms with Gasteiger partial charge in [-0.1, -0.05) is 24.3 Å². The van der Waals surface area contributed by atoms with Crippen molar-refractivity contribution in [2.75, 3.05) is 0 Å². The average Bonchev–Trinajstić information content (AvgIpc) is 2.47. The Morgan fingerprint density at radius 2 is 1.95 bits per heavy atom. The fourth-order valence-electron chi connectivity index (χ4n) is 1.91. The number of hydrogen-bond acceptors (Lipinski definition) is 1. The Morgan fingerprint density at radius 1 is 1.25 bits per heavy atom. The summed E-state index contributed by atoms with van der Waals surface area (Å²) in [7, 11) is 0.